The SMILES string of the molecule is CC(C)NC(=O)[C@H]1C[C@@H](O)CN1.Cl. The second-order valence-electron chi connectivity index (χ2n) is 3.51. The molecule has 1 rings (SSSR count). The first-order valence-corrected chi connectivity index (χ1v) is 4.31. The van der Waals surface area contributed by atoms with Crippen LogP contribution in [0.25, 0.3) is 0 Å². The number of aliphatic hydroxyl groups excluding tert-OH is 1. The molecule has 0 aromatic heterocycles. The molecule has 1 aliphatic rings. The lowest BCUT2D eigenvalue weighted by Crippen LogP contribution is -2.43. The van der Waals surface area contributed by atoms with Gasteiger partial charge in [0.1, 0.15) is 0 Å². The van der Waals surface area contributed by atoms with Crippen molar-refractivity contribution in [1.29, 1.82) is 0 Å². The molecule has 13 heavy (non-hydrogen) atoms. The van der Waals surface area contributed by atoms with Crippen LogP contribution in [0.3, 0.4) is 0 Å². The number of carbonyl (C=O) groups is 1. The zero-order valence-electron chi connectivity index (χ0n) is 7.91. The quantitative estimate of drug-likeness (QED) is 0.582. The summed E-state index contributed by atoms with van der Waals surface area (Å²) < 4.78 is 0. The largest absolute Gasteiger partial charge is 0.392 e. The molecule has 1 heterocycles. The van der Waals surface area contributed by atoms with Gasteiger partial charge >= 0.3 is 0 Å². The summed E-state index contributed by atoms with van der Waals surface area (Å²) in [5.41, 5.74) is 0. The minimum Gasteiger partial charge on any atom is -0.392 e. The van der Waals surface area contributed by atoms with Crippen LogP contribution in [0, 0.1) is 0 Å². The summed E-state index contributed by atoms with van der Waals surface area (Å²) in [4.78, 5) is 11.3. The van der Waals surface area contributed by atoms with E-state index in [1.54, 1.807) is 0 Å². The highest BCUT2D eigenvalue weighted by Gasteiger charge is 2.27. The Kier molecular flexibility index (Phi) is 5.29. The van der Waals surface area contributed by atoms with Gasteiger partial charge in [0.2, 0.25) is 5.91 Å². The Morgan fingerprint density at radius 1 is 1.62 bits per heavy atom. The van der Waals surface area contributed by atoms with Gasteiger partial charge in [-0.1, -0.05) is 0 Å². The van der Waals surface area contributed by atoms with E-state index < -0.39 is 0 Å². The van der Waals surface area contributed by atoms with Crippen LogP contribution in [0.2, 0.25) is 0 Å². The average molecular weight is 209 g/mol. The molecule has 1 fully saturated rings. The van der Waals surface area contributed by atoms with Gasteiger partial charge < -0.3 is 15.7 Å². The third-order valence-corrected chi connectivity index (χ3v) is 1.86. The molecule has 1 aliphatic heterocycles. The van der Waals surface area contributed by atoms with Crippen molar-refractivity contribution in [3.63, 3.8) is 0 Å². The maximum Gasteiger partial charge on any atom is 0.237 e. The monoisotopic (exact) mass is 208 g/mol. The van der Waals surface area contributed by atoms with Crippen LogP contribution in [-0.2, 0) is 4.79 Å². The highest BCUT2D eigenvalue weighted by Crippen LogP contribution is 2.05. The molecule has 0 aromatic rings. The van der Waals surface area contributed by atoms with E-state index in [1.165, 1.54) is 0 Å². The smallest absolute Gasteiger partial charge is 0.237 e. The van der Waals surface area contributed by atoms with E-state index >= 15 is 0 Å². The fourth-order valence-corrected chi connectivity index (χ4v) is 1.30. The molecule has 0 spiro atoms. The molecular formula is C8H17ClN2O2. The van der Waals surface area contributed by atoms with Gasteiger partial charge in [0, 0.05) is 12.6 Å². The second-order valence-corrected chi connectivity index (χ2v) is 3.51. The molecule has 3 N–H and O–H groups in total. The van der Waals surface area contributed by atoms with Gasteiger partial charge in [-0.2, -0.15) is 0 Å². The van der Waals surface area contributed by atoms with Crippen molar-refractivity contribution in [3.05, 3.63) is 0 Å². The predicted molar refractivity (Wildman–Crippen MR) is 52.9 cm³/mol. The minimum atomic E-state index is -0.368. The highest BCUT2D eigenvalue weighted by atomic mass is 35.5. The van der Waals surface area contributed by atoms with E-state index in [-0.39, 0.29) is 36.5 Å². The van der Waals surface area contributed by atoms with Crippen LogP contribution in [0.4, 0.5) is 0 Å². The van der Waals surface area contributed by atoms with Gasteiger partial charge in [-0.15, -0.1) is 12.4 Å². The van der Waals surface area contributed by atoms with Gasteiger partial charge in [-0.3, -0.25) is 4.79 Å². The van der Waals surface area contributed by atoms with Crippen LogP contribution in [-0.4, -0.2) is 35.7 Å². The molecule has 0 saturated carbocycles. The van der Waals surface area contributed by atoms with Crippen molar-refractivity contribution >= 4 is 18.3 Å². The number of carbonyl (C=O) groups excluding carboxylic acids is 1. The summed E-state index contributed by atoms with van der Waals surface area (Å²) in [6.45, 7) is 4.36. The van der Waals surface area contributed by atoms with Crippen molar-refractivity contribution in [1.82, 2.24) is 10.6 Å². The van der Waals surface area contributed by atoms with Crippen LogP contribution in [0.5, 0.6) is 0 Å². The number of halogens is 1. The number of hydrogen-bond acceptors (Lipinski definition) is 3. The summed E-state index contributed by atoms with van der Waals surface area (Å²) in [5.74, 6) is -0.0125. The maximum absolute atomic E-state index is 11.3. The van der Waals surface area contributed by atoms with Crippen LogP contribution >= 0.6 is 12.4 Å². The highest BCUT2D eigenvalue weighted by molar-refractivity contribution is 5.85. The van der Waals surface area contributed by atoms with E-state index in [4.69, 9.17) is 5.11 Å². The standard InChI is InChI=1S/C8H16N2O2.ClH/c1-5(2)10-8(12)7-3-6(11)4-9-7;/h5-7,9,11H,3-4H2,1-2H3,(H,10,12);1H/t6-,7-;/m1./s1. The number of β-amino-alcohol motifs (C(OH)–C–C–N with tert-alkyl or cyclic N) is 1. The average Bonchev–Trinajstić information content (AvgIpc) is 2.34. The topological polar surface area (TPSA) is 61.4 Å². The summed E-state index contributed by atoms with van der Waals surface area (Å²) in [6.07, 6.45) is 0.159. The lowest BCUT2D eigenvalue weighted by Gasteiger charge is -2.13. The molecule has 4 nitrogen and oxygen atoms in total. The second kappa shape index (κ2) is 5.42. The van der Waals surface area contributed by atoms with E-state index in [0.717, 1.165) is 0 Å². The Morgan fingerprint density at radius 3 is 2.62 bits per heavy atom. The van der Waals surface area contributed by atoms with E-state index in [0.29, 0.717) is 13.0 Å². The first-order valence-electron chi connectivity index (χ1n) is 4.31. The molecular weight excluding hydrogens is 192 g/mol. The molecule has 78 valence electrons. The zero-order valence-corrected chi connectivity index (χ0v) is 8.73. The fraction of sp³-hybridized carbons (Fsp3) is 0.875. The van der Waals surface area contributed by atoms with Crippen molar-refractivity contribution in [2.24, 2.45) is 0 Å². The molecule has 0 unspecified atom stereocenters. The third kappa shape index (κ3) is 3.93. The van der Waals surface area contributed by atoms with Gasteiger partial charge in [-0.25, -0.2) is 0 Å². The first-order chi connectivity index (χ1) is 5.59. The molecule has 1 saturated heterocycles. The lowest BCUT2D eigenvalue weighted by atomic mass is 10.2. The predicted octanol–water partition coefficient (Wildman–Crippen LogP) is -0.344. The van der Waals surface area contributed by atoms with Crippen LogP contribution in [0.15, 0.2) is 0 Å². The Morgan fingerprint density at radius 2 is 2.23 bits per heavy atom. The van der Waals surface area contributed by atoms with Crippen molar-refractivity contribution in [2.75, 3.05) is 6.54 Å². The fourth-order valence-electron chi connectivity index (χ4n) is 1.30. The summed E-state index contributed by atoms with van der Waals surface area (Å²) in [7, 11) is 0. The molecule has 0 aliphatic carbocycles. The van der Waals surface area contributed by atoms with E-state index in [1.807, 2.05) is 13.8 Å². The summed E-state index contributed by atoms with van der Waals surface area (Å²) in [5, 5.41) is 14.9. The van der Waals surface area contributed by atoms with Crippen molar-refractivity contribution in [2.45, 2.75) is 38.5 Å². The number of aliphatic hydroxyl groups is 1. The van der Waals surface area contributed by atoms with Crippen LogP contribution < -0.4 is 10.6 Å². The lowest BCUT2D eigenvalue weighted by molar-refractivity contribution is -0.123. The van der Waals surface area contributed by atoms with Crippen molar-refractivity contribution in [3.8, 4) is 0 Å². The van der Waals surface area contributed by atoms with E-state index in [2.05, 4.69) is 10.6 Å². The van der Waals surface area contributed by atoms with Gasteiger partial charge in [0.05, 0.1) is 12.1 Å². The zero-order chi connectivity index (χ0) is 9.14. The molecule has 2 atom stereocenters. The van der Waals surface area contributed by atoms with Gasteiger partial charge in [0.15, 0.2) is 0 Å². The van der Waals surface area contributed by atoms with Crippen LogP contribution in [0.1, 0.15) is 20.3 Å². The molecule has 1 amide bonds. The molecule has 0 bridgehead atoms. The molecule has 0 radical (unpaired) electrons. The number of amides is 1. The summed E-state index contributed by atoms with van der Waals surface area (Å²) in [6, 6.07) is -0.0422. The molecule has 0 aromatic carbocycles. The Balaban J connectivity index is 0.00000144. The normalized spacial score (nSPS) is 27.1. The number of hydrogen-bond donors (Lipinski definition) is 3. The summed E-state index contributed by atoms with van der Waals surface area (Å²) >= 11 is 0. The van der Waals surface area contributed by atoms with Gasteiger partial charge in [-0.05, 0) is 20.3 Å². The van der Waals surface area contributed by atoms with Crippen molar-refractivity contribution < 1.29 is 9.90 Å². The Labute approximate surface area is 84.5 Å². The number of nitrogens with one attached hydrogen (secondary N) is 2. The third-order valence-electron chi connectivity index (χ3n) is 1.86. The first kappa shape index (κ1) is 12.7. The Bertz CT molecular complexity index is 176. The van der Waals surface area contributed by atoms with E-state index in [9.17, 15) is 4.79 Å². The van der Waals surface area contributed by atoms with Gasteiger partial charge in [0.25, 0.3) is 0 Å². The number of rotatable bonds is 2. The maximum atomic E-state index is 11.3. The Hall–Kier alpha value is -0.320. The molecule has 5 heteroatoms. The minimum absolute atomic E-state index is 0.